The van der Waals surface area contributed by atoms with Gasteiger partial charge in [-0.25, -0.2) is 4.68 Å². The first-order chi connectivity index (χ1) is 15.1. The van der Waals surface area contributed by atoms with E-state index in [9.17, 15) is 9.59 Å². The third kappa shape index (κ3) is 4.70. The number of aryl methyl sites for hydroxylation is 1. The second-order valence-corrected chi connectivity index (χ2v) is 7.09. The normalized spacial score (nSPS) is 11.5. The molecule has 2 amide bonds. The topological polar surface area (TPSA) is 76.0 Å². The van der Waals surface area contributed by atoms with Crippen molar-refractivity contribution in [3.63, 3.8) is 0 Å². The summed E-state index contributed by atoms with van der Waals surface area (Å²) in [5.41, 5.74) is 3.27. The second kappa shape index (κ2) is 9.09. The van der Waals surface area contributed by atoms with E-state index >= 15 is 0 Å². The Morgan fingerprint density at radius 1 is 0.839 bits per heavy atom. The number of amides is 2. The lowest BCUT2D eigenvalue weighted by Crippen LogP contribution is -2.37. The fourth-order valence-corrected chi connectivity index (χ4v) is 3.30. The molecule has 1 unspecified atom stereocenters. The zero-order chi connectivity index (χ0) is 21.6. The highest BCUT2D eigenvalue weighted by molar-refractivity contribution is 6.01. The number of aromatic nitrogens is 2. The van der Waals surface area contributed by atoms with Gasteiger partial charge in [-0.2, -0.15) is 5.10 Å². The van der Waals surface area contributed by atoms with E-state index in [0.717, 1.165) is 11.4 Å². The molecule has 4 rings (SSSR count). The number of rotatable bonds is 6. The number of para-hydroxylation sites is 2. The number of hydrogen-bond donors (Lipinski definition) is 2. The van der Waals surface area contributed by atoms with Crippen molar-refractivity contribution in [3.8, 4) is 5.69 Å². The minimum Gasteiger partial charge on any atom is -0.335 e. The van der Waals surface area contributed by atoms with Crippen LogP contribution in [-0.4, -0.2) is 21.6 Å². The number of anilines is 1. The van der Waals surface area contributed by atoms with Crippen LogP contribution in [0.3, 0.4) is 0 Å². The summed E-state index contributed by atoms with van der Waals surface area (Å²) < 4.78 is 1.70. The van der Waals surface area contributed by atoms with E-state index in [1.807, 2.05) is 85.8 Å². The van der Waals surface area contributed by atoms with Gasteiger partial charge in [0.1, 0.15) is 6.04 Å². The van der Waals surface area contributed by atoms with Gasteiger partial charge in [-0.1, -0.05) is 66.7 Å². The Balaban J connectivity index is 1.58. The molecule has 4 aromatic rings. The fraction of sp³-hybridized carbons (Fsp3) is 0.0800. The first-order valence-electron chi connectivity index (χ1n) is 9.95. The van der Waals surface area contributed by atoms with Gasteiger partial charge in [0, 0.05) is 11.4 Å². The highest BCUT2D eigenvalue weighted by atomic mass is 16.2. The standard InChI is InChI=1S/C25H22N4O2/c1-18-17-22(28-29(18)21-15-9-4-10-16-21)24(30)27-23(19-11-5-2-6-12-19)25(31)26-20-13-7-3-8-14-20/h2-17,23H,1H3,(H,26,31)(H,27,30). The highest BCUT2D eigenvalue weighted by Crippen LogP contribution is 2.18. The van der Waals surface area contributed by atoms with Crippen LogP contribution >= 0.6 is 0 Å². The smallest absolute Gasteiger partial charge is 0.272 e. The maximum atomic E-state index is 13.0. The minimum absolute atomic E-state index is 0.245. The summed E-state index contributed by atoms with van der Waals surface area (Å²) in [5.74, 6) is -0.750. The van der Waals surface area contributed by atoms with Crippen LogP contribution in [-0.2, 0) is 4.79 Å². The molecule has 0 aliphatic heterocycles. The van der Waals surface area contributed by atoms with Gasteiger partial charge in [0.05, 0.1) is 5.69 Å². The van der Waals surface area contributed by atoms with E-state index in [2.05, 4.69) is 15.7 Å². The number of nitrogens with one attached hydrogen (secondary N) is 2. The number of hydrogen-bond acceptors (Lipinski definition) is 3. The van der Waals surface area contributed by atoms with E-state index in [1.165, 1.54) is 0 Å². The van der Waals surface area contributed by atoms with Gasteiger partial charge in [0.2, 0.25) is 0 Å². The molecule has 2 N–H and O–H groups in total. The Bertz CT molecular complexity index is 1170. The summed E-state index contributed by atoms with van der Waals surface area (Å²) in [5, 5.41) is 10.1. The molecule has 1 heterocycles. The number of carbonyl (C=O) groups excluding carboxylic acids is 2. The lowest BCUT2D eigenvalue weighted by Gasteiger charge is -2.18. The third-order valence-corrected chi connectivity index (χ3v) is 4.83. The van der Waals surface area contributed by atoms with Gasteiger partial charge in [-0.05, 0) is 42.8 Å². The van der Waals surface area contributed by atoms with Crippen LogP contribution < -0.4 is 10.6 Å². The summed E-state index contributed by atoms with van der Waals surface area (Å²) >= 11 is 0. The summed E-state index contributed by atoms with van der Waals surface area (Å²) in [4.78, 5) is 26.0. The maximum absolute atomic E-state index is 13.0. The molecular formula is C25H22N4O2. The summed E-state index contributed by atoms with van der Waals surface area (Å²) in [6, 6.07) is 28.7. The first kappa shape index (κ1) is 20.1. The monoisotopic (exact) mass is 410 g/mol. The van der Waals surface area contributed by atoms with E-state index < -0.39 is 11.9 Å². The van der Waals surface area contributed by atoms with Gasteiger partial charge >= 0.3 is 0 Å². The molecule has 6 nitrogen and oxygen atoms in total. The largest absolute Gasteiger partial charge is 0.335 e. The van der Waals surface area contributed by atoms with E-state index in [1.54, 1.807) is 22.9 Å². The van der Waals surface area contributed by atoms with E-state index in [0.29, 0.717) is 11.3 Å². The van der Waals surface area contributed by atoms with Crippen LogP contribution in [0.2, 0.25) is 0 Å². The van der Waals surface area contributed by atoms with Crippen molar-refractivity contribution in [2.45, 2.75) is 13.0 Å². The summed E-state index contributed by atoms with van der Waals surface area (Å²) in [6.45, 7) is 1.88. The van der Waals surface area contributed by atoms with Crippen molar-refractivity contribution in [2.24, 2.45) is 0 Å². The fourth-order valence-electron chi connectivity index (χ4n) is 3.30. The second-order valence-electron chi connectivity index (χ2n) is 7.09. The van der Waals surface area contributed by atoms with Crippen LogP contribution in [0.4, 0.5) is 5.69 Å². The van der Waals surface area contributed by atoms with Crippen LogP contribution in [0.1, 0.15) is 27.8 Å². The number of nitrogens with zero attached hydrogens (tertiary/aromatic N) is 2. The van der Waals surface area contributed by atoms with Crippen molar-refractivity contribution < 1.29 is 9.59 Å². The molecule has 0 saturated carbocycles. The molecule has 0 bridgehead atoms. The first-order valence-corrected chi connectivity index (χ1v) is 9.95. The molecule has 0 aliphatic carbocycles. The van der Waals surface area contributed by atoms with Crippen LogP contribution in [0.15, 0.2) is 97.1 Å². The Morgan fingerprint density at radius 2 is 1.42 bits per heavy atom. The van der Waals surface area contributed by atoms with Crippen LogP contribution in [0.25, 0.3) is 5.69 Å². The Morgan fingerprint density at radius 3 is 2.06 bits per heavy atom. The molecule has 1 atom stereocenters. The molecule has 154 valence electrons. The average Bonchev–Trinajstić information content (AvgIpc) is 3.21. The van der Waals surface area contributed by atoms with Crippen LogP contribution in [0.5, 0.6) is 0 Å². The van der Waals surface area contributed by atoms with Crippen molar-refractivity contribution in [1.29, 1.82) is 0 Å². The molecule has 0 saturated heterocycles. The van der Waals surface area contributed by atoms with Crippen LogP contribution in [0, 0.1) is 6.92 Å². The van der Waals surface area contributed by atoms with Gasteiger partial charge < -0.3 is 10.6 Å². The predicted octanol–water partition coefficient (Wildman–Crippen LogP) is 4.29. The molecule has 1 aromatic heterocycles. The maximum Gasteiger partial charge on any atom is 0.272 e. The zero-order valence-corrected chi connectivity index (χ0v) is 17.0. The van der Waals surface area contributed by atoms with Gasteiger partial charge in [-0.15, -0.1) is 0 Å². The zero-order valence-electron chi connectivity index (χ0n) is 17.0. The van der Waals surface area contributed by atoms with E-state index in [4.69, 9.17) is 0 Å². The molecular weight excluding hydrogens is 388 g/mol. The Hall–Kier alpha value is -4.19. The van der Waals surface area contributed by atoms with Gasteiger partial charge in [0.25, 0.3) is 11.8 Å². The molecule has 0 radical (unpaired) electrons. The van der Waals surface area contributed by atoms with Crippen molar-refractivity contribution in [3.05, 3.63) is 114 Å². The Kier molecular flexibility index (Phi) is 5.89. The van der Waals surface area contributed by atoms with Gasteiger partial charge in [-0.3, -0.25) is 9.59 Å². The summed E-state index contributed by atoms with van der Waals surface area (Å²) in [7, 11) is 0. The van der Waals surface area contributed by atoms with Crippen molar-refractivity contribution >= 4 is 17.5 Å². The SMILES string of the molecule is Cc1cc(C(=O)NC(C(=O)Nc2ccccc2)c2ccccc2)nn1-c1ccccc1. The lowest BCUT2D eigenvalue weighted by molar-refractivity contribution is -0.118. The molecule has 0 aliphatic rings. The van der Waals surface area contributed by atoms with Crippen molar-refractivity contribution in [1.82, 2.24) is 15.1 Å². The quantitative estimate of drug-likeness (QED) is 0.498. The molecule has 0 spiro atoms. The van der Waals surface area contributed by atoms with Crippen molar-refractivity contribution in [2.75, 3.05) is 5.32 Å². The predicted molar refractivity (Wildman–Crippen MR) is 120 cm³/mol. The molecule has 6 heteroatoms. The minimum atomic E-state index is -0.865. The highest BCUT2D eigenvalue weighted by Gasteiger charge is 2.25. The van der Waals surface area contributed by atoms with Gasteiger partial charge in [0.15, 0.2) is 5.69 Å². The summed E-state index contributed by atoms with van der Waals surface area (Å²) in [6.07, 6.45) is 0. The molecule has 31 heavy (non-hydrogen) atoms. The van der Waals surface area contributed by atoms with E-state index in [-0.39, 0.29) is 11.6 Å². The molecule has 3 aromatic carbocycles. The molecule has 0 fully saturated rings. The number of carbonyl (C=O) groups is 2. The lowest BCUT2D eigenvalue weighted by atomic mass is 10.1. The Labute approximate surface area is 180 Å². The third-order valence-electron chi connectivity index (χ3n) is 4.83. The average molecular weight is 410 g/mol. The number of benzene rings is 3.